The number of carboxylic acid groups (broad SMARTS) is 1. The number of ether oxygens (including phenoxy) is 1. The van der Waals surface area contributed by atoms with Gasteiger partial charge in [-0.15, -0.1) is 0 Å². The van der Waals surface area contributed by atoms with Gasteiger partial charge >= 0.3 is 5.97 Å². The lowest BCUT2D eigenvalue weighted by Gasteiger charge is -2.10. The van der Waals surface area contributed by atoms with E-state index in [1.165, 1.54) is 13.2 Å². The molecule has 0 heterocycles. The fourth-order valence-corrected chi connectivity index (χ4v) is 1.89. The highest BCUT2D eigenvalue weighted by atomic mass is 16.5. The molecule has 1 aliphatic rings. The summed E-state index contributed by atoms with van der Waals surface area (Å²) in [6.07, 6.45) is 2.60. The number of benzene rings is 1. The van der Waals surface area contributed by atoms with Crippen molar-refractivity contribution < 1.29 is 19.4 Å². The SMILES string of the molecule is COc1cc(C(=O)O)ccc1CCNC(=O)C1CC1. The van der Waals surface area contributed by atoms with Crippen LogP contribution in [-0.4, -0.2) is 30.6 Å². The summed E-state index contributed by atoms with van der Waals surface area (Å²) in [5.41, 5.74) is 1.09. The number of rotatable bonds is 6. The zero-order chi connectivity index (χ0) is 13.8. The van der Waals surface area contributed by atoms with Crippen LogP contribution in [0.15, 0.2) is 18.2 Å². The zero-order valence-electron chi connectivity index (χ0n) is 10.8. The van der Waals surface area contributed by atoms with Crippen LogP contribution in [0.25, 0.3) is 0 Å². The third-order valence-electron chi connectivity index (χ3n) is 3.18. The van der Waals surface area contributed by atoms with Crippen LogP contribution in [-0.2, 0) is 11.2 Å². The van der Waals surface area contributed by atoms with Crippen molar-refractivity contribution in [3.8, 4) is 5.75 Å². The first-order valence-corrected chi connectivity index (χ1v) is 6.29. The Hall–Kier alpha value is -2.04. The molecule has 0 spiro atoms. The average Bonchev–Trinajstić information content (AvgIpc) is 3.22. The summed E-state index contributed by atoms with van der Waals surface area (Å²) in [5.74, 6) is -0.120. The number of carbonyl (C=O) groups excluding carboxylic acids is 1. The molecule has 1 amide bonds. The third-order valence-corrected chi connectivity index (χ3v) is 3.18. The molecule has 2 rings (SSSR count). The van der Waals surface area contributed by atoms with Gasteiger partial charge in [0.1, 0.15) is 5.75 Å². The van der Waals surface area contributed by atoms with Crippen molar-refractivity contribution in [3.63, 3.8) is 0 Å². The third kappa shape index (κ3) is 3.47. The number of methoxy groups -OCH3 is 1. The summed E-state index contributed by atoms with van der Waals surface area (Å²) in [6.45, 7) is 0.540. The van der Waals surface area contributed by atoms with E-state index < -0.39 is 5.97 Å². The predicted octanol–water partition coefficient (Wildman–Crippen LogP) is 1.46. The molecule has 0 bridgehead atoms. The summed E-state index contributed by atoms with van der Waals surface area (Å²) in [4.78, 5) is 22.3. The summed E-state index contributed by atoms with van der Waals surface area (Å²) >= 11 is 0. The molecule has 1 aliphatic carbocycles. The highest BCUT2D eigenvalue weighted by Crippen LogP contribution is 2.28. The molecular weight excluding hydrogens is 246 g/mol. The quantitative estimate of drug-likeness (QED) is 0.814. The highest BCUT2D eigenvalue weighted by Gasteiger charge is 2.29. The summed E-state index contributed by atoms with van der Waals surface area (Å²) < 4.78 is 5.18. The van der Waals surface area contributed by atoms with Gasteiger partial charge in [-0.3, -0.25) is 4.79 Å². The number of carbonyl (C=O) groups is 2. The van der Waals surface area contributed by atoms with E-state index in [9.17, 15) is 9.59 Å². The Kier molecular flexibility index (Phi) is 4.04. The Balaban J connectivity index is 1.95. The van der Waals surface area contributed by atoms with Gasteiger partial charge in [-0.1, -0.05) is 6.07 Å². The maximum absolute atomic E-state index is 11.5. The van der Waals surface area contributed by atoms with Crippen LogP contribution in [0.4, 0.5) is 0 Å². The molecule has 2 N–H and O–H groups in total. The molecule has 5 nitrogen and oxygen atoms in total. The standard InChI is InChI=1S/C14H17NO4/c1-19-12-8-11(14(17)18)5-2-9(12)6-7-15-13(16)10-3-4-10/h2,5,8,10H,3-4,6-7H2,1H3,(H,15,16)(H,17,18). The van der Waals surface area contributed by atoms with E-state index in [2.05, 4.69) is 5.32 Å². The Morgan fingerprint density at radius 2 is 2.16 bits per heavy atom. The molecule has 0 aromatic heterocycles. The van der Waals surface area contributed by atoms with Gasteiger partial charge in [0.15, 0.2) is 0 Å². The largest absolute Gasteiger partial charge is 0.496 e. The number of carboxylic acids is 1. The maximum atomic E-state index is 11.5. The molecule has 0 saturated heterocycles. The van der Waals surface area contributed by atoms with Gasteiger partial charge < -0.3 is 15.2 Å². The van der Waals surface area contributed by atoms with E-state index in [1.807, 2.05) is 0 Å². The predicted molar refractivity (Wildman–Crippen MR) is 69.4 cm³/mol. The van der Waals surface area contributed by atoms with Gasteiger partial charge in [-0.2, -0.15) is 0 Å². The molecule has 1 saturated carbocycles. The number of hydrogen-bond donors (Lipinski definition) is 2. The monoisotopic (exact) mass is 263 g/mol. The highest BCUT2D eigenvalue weighted by molar-refractivity contribution is 5.88. The summed E-state index contributed by atoms with van der Waals surface area (Å²) in [6, 6.07) is 4.77. The van der Waals surface area contributed by atoms with E-state index in [0.717, 1.165) is 18.4 Å². The van der Waals surface area contributed by atoms with Crippen LogP contribution in [0.5, 0.6) is 5.75 Å². The van der Waals surface area contributed by atoms with Crippen molar-refractivity contribution in [1.82, 2.24) is 5.32 Å². The molecular formula is C14H17NO4. The molecule has 19 heavy (non-hydrogen) atoms. The van der Waals surface area contributed by atoms with Crippen LogP contribution in [0.3, 0.4) is 0 Å². The van der Waals surface area contributed by atoms with Crippen molar-refractivity contribution in [2.75, 3.05) is 13.7 Å². The van der Waals surface area contributed by atoms with Gasteiger partial charge in [-0.25, -0.2) is 4.79 Å². The van der Waals surface area contributed by atoms with Crippen molar-refractivity contribution in [3.05, 3.63) is 29.3 Å². The van der Waals surface area contributed by atoms with Gasteiger partial charge in [0, 0.05) is 12.5 Å². The average molecular weight is 263 g/mol. The fraction of sp³-hybridized carbons (Fsp3) is 0.429. The van der Waals surface area contributed by atoms with E-state index in [4.69, 9.17) is 9.84 Å². The van der Waals surface area contributed by atoms with E-state index >= 15 is 0 Å². The lowest BCUT2D eigenvalue weighted by molar-refractivity contribution is -0.122. The van der Waals surface area contributed by atoms with E-state index in [-0.39, 0.29) is 17.4 Å². The van der Waals surface area contributed by atoms with E-state index in [0.29, 0.717) is 18.7 Å². The second-order valence-electron chi connectivity index (χ2n) is 4.65. The smallest absolute Gasteiger partial charge is 0.335 e. The molecule has 0 radical (unpaired) electrons. The molecule has 102 valence electrons. The number of nitrogens with one attached hydrogen (secondary N) is 1. The number of aromatic carboxylic acids is 1. The molecule has 5 heteroatoms. The first-order chi connectivity index (χ1) is 9.11. The zero-order valence-corrected chi connectivity index (χ0v) is 10.8. The minimum atomic E-state index is -0.980. The van der Waals surface area contributed by atoms with Crippen LogP contribution in [0.1, 0.15) is 28.8 Å². The minimum Gasteiger partial charge on any atom is -0.496 e. The van der Waals surface area contributed by atoms with Crippen LogP contribution in [0, 0.1) is 5.92 Å². The number of hydrogen-bond acceptors (Lipinski definition) is 3. The Morgan fingerprint density at radius 1 is 1.42 bits per heavy atom. The molecule has 1 fully saturated rings. The van der Waals surface area contributed by atoms with Crippen LogP contribution in [0.2, 0.25) is 0 Å². The van der Waals surface area contributed by atoms with Gasteiger partial charge in [0.2, 0.25) is 5.91 Å². The first kappa shape index (κ1) is 13.4. The summed E-state index contributed by atoms with van der Waals surface area (Å²) in [5, 5.41) is 11.8. The lowest BCUT2D eigenvalue weighted by Crippen LogP contribution is -2.27. The summed E-state index contributed by atoms with van der Waals surface area (Å²) in [7, 11) is 1.51. The fourth-order valence-electron chi connectivity index (χ4n) is 1.89. The minimum absolute atomic E-state index is 0.112. The molecule has 0 unspecified atom stereocenters. The van der Waals surface area contributed by atoms with Crippen LogP contribution < -0.4 is 10.1 Å². The Labute approximate surface area is 111 Å². The van der Waals surface area contributed by atoms with Crippen molar-refractivity contribution in [1.29, 1.82) is 0 Å². The molecule has 1 aromatic rings. The molecule has 0 atom stereocenters. The van der Waals surface area contributed by atoms with Crippen LogP contribution >= 0.6 is 0 Å². The van der Waals surface area contributed by atoms with E-state index in [1.54, 1.807) is 12.1 Å². The second kappa shape index (κ2) is 5.73. The second-order valence-corrected chi connectivity index (χ2v) is 4.65. The lowest BCUT2D eigenvalue weighted by atomic mass is 10.1. The van der Waals surface area contributed by atoms with Gasteiger partial charge in [0.05, 0.1) is 12.7 Å². The van der Waals surface area contributed by atoms with Gasteiger partial charge in [0.25, 0.3) is 0 Å². The Morgan fingerprint density at radius 3 is 2.74 bits per heavy atom. The normalized spacial score (nSPS) is 13.9. The molecule has 1 aromatic carbocycles. The topological polar surface area (TPSA) is 75.6 Å². The van der Waals surface area contributed by atoms with Crippen molar-refractivity contribution >= 4 is 11.9 Å². The van der Waals surface area contributed by atoms with Crippen molar-refractivity contribution in [2.45, 2.75) is 19.3 Å². The van der Waals surface area contributed by atoms with Crippen molar-refractivity contribution in [2.24, 2.45) is 5.92 Å². The van der Waals surface area contributed by atoms with Gasteiger partial charge in [-0.05, 0) is 37.0 Å². The Bertz CT molecular complexity index is 494. The first-order valence-electron chi connectivity index (χ1n) is 6.29. The number of amides is 1. The molecule has 0 aliphatic heterocycles. The maximum Gasteiger partial charge on any atom is 0.335 e.